The van der Waals surface area contributed by atoms with Crippen molar-refractivity contribution in [3.8, 4) is 0 Å². The van der Waals surface area contributed by atoms with Gasteiger partial charge in [-0.25, -0.2) is 9.48 Å². The third-order valence-electron chi connectivity index (χ3n) is 3.17. The second kappa shape index (κ2) is 8.33. The van der Waals surface area contributed by atoms with Crippen LogP contribution in [0, 0.1) is 0 Å². The zero-order chi connectivity index (χ0) is 16.8. The highest BCUT2D eigenvalue weighted by molar-refractivity contribution is 6.44. The Hall–Kier alpha value is -1.34. The van der Waals surface area contributed by atoms with Crippen molar-refractivity contribution in [3.05, 3.63) is 11.9 Å². The molecule has 1 atom stereocenters. The summed E-state index contributed by atoms with van der Waals surface area (Å²) in [6, 6.07) is 0. The van der Waals surface area contributed by atoms with Gasteiger partial charge in [0, 0.05) is 6.54 Å². The minimum Gasteiger partial charge on any atom is -0.467 e. The second-order valence-corrected chi connectivity index (χ2v) is 6.33. The molecule has 0 aliphatic heterocycles. The largest absolute Gasteiger partial charge is 0.467 e. The van der Waals surface area contributed by atoms with Gasteiger partial charge >= 0.3 is 5.97 Å². The van der Waals surface area contributed by atoms with Crippen molar-refractivity contribution in [3.63, 3.8) is 0 Å². The molecule has 0 saturated carbocycles. The number of nitrogens with one attached hydrogen (secondary N) is 1. The third-order valence-corrected chi connectivity index (χ3v) is 3.61. The van der Waals surface area contributed by atoms with Crippen LogP contribution in [0.25, 0.3) is 0 Å². The third kappa shape index (κ3) is 4.84. The highest BCUT2D eigenvalue weighted by atomic mass is 35.5. The Morgan fingerprint density at radius 2 is 2.18 bits per heavy atom. The Bertz CT molecular complexity index is 521. The molecule has 0 aliphatic carbocycles. The fraction of sp³-hybridized carbons (Fsp3) is 0.692. The van der Waals surface area contributed by atoms with Gasteiger partial charge in [-0.15, -0.1) is 28.3 Å². The Kier molecular flexibility index (Phi) is 7.09. The number of carbonyl (C=O) groups excluding carboxylic acids is 2. The number of nitrogens with zero attached hydrogens (tertiary/aromatic N) is 3. The standard InChI is InChI=1S/C13H20Cl2N4O3/c1-4-7-19-9(8-16-18-19)11(20)17-13(2,12(21)22-3)6-5-10(14)15/h8,10H,4-7H2,1-3H3,(H,17,20)/t13-/m0/s1. The van der Waals surface area contributed by atoms with Gasteiger partial charge in [0.2, 0.25) is 0 Å². The number of hydrogen-bond acceptors (Lipinski definition) is 5. The number of carbonyl (C=O) groups is 2. The normalized spacial score (nSPS) is 13.7. The number of halogens is 2. The molecule has 0 bridgehead atoms. The van der Waals surface area contributed by atoms with Gasteiger partial charge in [0.05, 0.1) is 13.3 Å². The van der Waals surface area contributed by atoms with Crippen molar-refractivity contribution in [2.24, 2.45) is 0 Å². The van der Waals surface area contributed by atoms with Crippen LogP contribution in [0.2, 0.25) is 0 Å². The van der Waals surface area contributed by atoms with Crippen molar-refractivity contribution >= 4 is 35.1 Å². The number of hydrogen-bond donors (Lipinski definition) is 1. The molecule has 0 saturated heterocycles. The lowest BCUT2D eigenvalue weighted by molar-refractivity contribution is -0.147. The molecule has 1 heterocycles. The predicted molar refractivity (Wildman–Crippen MR) is 82.9 cm³/mol. The molecule has 124 valence electrons. The van der Waals surface area contributed by atoms with Gasteiger partial charge in [-0.3, -0.25) is 4.79 Å². The molecule has 22 heavy (non-hydrogen) atoms. The monoisotopic (exact) mass is 350 g/mol. The highest BCUT2D eigenvalue weighted by Crippen LogP contribution is 2.20. The van der Waals surface area contributed by atoms with Crippen LogP contribution < -0.4 is 5.32 Å². The molecular formula is C13H20Cl2N4O3. The smallest absolute Gasteiger partial charge is 0.331 e. The SMILES string of the molecule is CCCn1nncc1C(=O)N[C@@](C)(CCC(Cl)Cl)C(=O)OC. The van der Waals surface area contributed by atoms with E-state index >= 15 is 0 Å². The number of rotatable bonds is 8. The number of esters is 1. The molecule has 0 unspecified atom stereocenters. The molecule has 0 aliphatic rings. The zero-order valence-electron chi connectivity index (χ0n) is 12.8. The lowest BCUT2D eigenvalue weighted by Gasteiger charge is -2.28. The van der Waals surface area contributed by atoms with Gasteiger partial charge in [-0.2, -0.15) is 0 Å². The van der Waals surface area contributed by atoms with E-state index in [4.69, 9.17) is 27.9 Å². The van der Waals surface area contributed by atoms with Crippen molar-refractivity contribution in [2.45, 2.75) is 50.0 Å². The maximum atomic E-state index is 12.4. The lowest BCUT2D eigenvalue weighted by Crippen LogP contribution is -2.53. The van der Waals surface area contributed by atoms with Crippen LogP contribution in [0.15, 0.2) is 6.20 Å². The summed E-state index contributed by atoms with van der Waals surface area (Å²) < 4.78 is 6.25. The van der Waals surface area contributed by atoms with Gasteiger partial charge < -0.3 is 10.1 Å². The minimum atomic E-state index is -1.23. The number of ether oxygens (including phenoxy) is 1. The predicted octanol–water partition coefficient (Wildman–Crippen LogP) is 1.93. The van der Waals surface area contributed by atoms with Gasteiger partial charge in [-0.1, -0.05) is 12.1 Å². The Morgan fingerprint density at radius 1 is 1.50 bits per heavy atom. The number of aryl methyl sites for hydroxylation is 1. The lowest BCUT2D eigenvalue weighted by atomic mass is 9.96. The number of alkyl halides is 2. The van der Waals surface area contributed by atoms with E-state index in [-0.39, 0.29) is 12.1 Å². The van der Waals surface area contributed by atoms with Gasteiger partial charge in [0.1, 0.15) is 16.1 Å². The Balaban J connectivity index is 2.90. The van der Waals surface area contributed by atoms with E-state index in [9.17, 15) is 9.59 Å². The molecule has 7 nitrogen and oxygen atoms in total. The molecule has 9 heteroatoms. The van der Waals surface area contributed by atoms with Crippen molar-refractivity contribution < 1.29 is 14.3 Å². The van der Waals surface area contributed by atoms with Gasteiger partial charge in [0.15, 0.2) is 0 Å². The molecule has 1 amide bonds. The van der Waals surface area contributed by atoms with Crippen molar-refractivity contribution in [1.82, 2.24) is 20.3 Å². The molecule has 1 N–H and O–H groups in total. The van der Waals surface area contributed by atoms with Crippen LogP contribution in [0.5, 0.6) is 0 Å². The summed E-state index contributed by atoms with van der Waals surface area (Å²) in [6.45, 7) is 4.09. The molecule has 1 rings (SSSR count). The van der Waals surface area contributed by atoms with Gasteiger partial charge in [0.25, 0.3) is 5.91 Å². The molecule has 0 aromatic carbocycles. The fourth-order valence-corrected chi connectivity index (χ4v) is 2.18. The van der Waals surface area contributed by atoms with Crippen molar-refractivity contribution in [2.75, 3.05) is 7.11 Å². The van der Waals surface area contributed by atoms with E-state index in [1.165, 1.54) is 18.0 Å². The summed E-state index contributed by atoms with van der Waals surface area (Å²) in [5.41, 5.74) is -0.944. The van der Waals surface area contributed by atoms with Gasteiger partial charge in [-0.05, 0) is 26.2 Å². The molecule has 1 aromatic rings. The summed E-state index contributed by atoms with van der Waals surface area (Å²) in [7, 11) is 1.26. The molecule has 0 radical (unpaired) electrons. The average Bonchev–Trinajstić information content (AvgIpc) is 2.93. The first-order chi connectivity index (χ1) is 10.3. The van der Waals surface area contributed by atoms with E-state index < -0.39 is 22.3 Å². The first-order valence-electron chi connectivity index (χ1n) is 6.91. The minimum absolute atomic E-state index is 0.248. The Morgan fingerprint density at radius 3 is 2.73 bits per heavy atom. The number of amides is 1. The molecular weight excluding hydrogens is 331 g/mol. The summed E-state index contributed by atoms with van der Waals surface area (Å²) >= 11 is 11.4. The number of methoxy groups -OCH3 is 1. The van der Waals surface area contributed by atoms with Crippen LogP contribution in [0.1, 0.15) is 43.6 Å². The quantitative estimate of drug-likeness (QED) is 0.571. The van der Waals surface area contributed by atoms with E-state index in [0.717, 1.165) is 6.42 Å². The highest BCUT2D eigenvalue weighted by Gasteiger charge is 2.37. The van der Waals surface area contributed by atoms with Crippen LogP contribution >= 0.6 is 23.2 Å². The van der Waals surface area contributed by atoms with Crippen LogP contribution in [0.4, 0.5) is 0 Å². The Labute approximate surface area is 139 Å². The van der Waals surface area contributed by atoms with E-state index in [0.29, 0.717) is 13.0 Å². The second-order valence-electron chi connectivity index (χ2n) is 5.05. The van der Waals surface area contributed by atoms with Crippen LogP contribution in [-0.2, 0) is 16.1 Å². The molecule has 0 spiro atoms. The molecule has 0 fully saturated rings. The van der Waals surface area contributed by atoms with Crippen LogP contribution in [-0.4, -0.2) is 44.4 Å². The fourth-order valence-electron chi connectivity index (χ4n) is 1.96. The summed E-state index contributed by atoms with van der Waals surface area (Å²) in [4.78, 5) is 23.8. The maximum Gasteiger partial charge on any atom is 0.331 e. The summed E-state index contributed by atoms with van der Waals surface area (Å²) in [5, 5.41) is 10.2. The van der Waals surface area contributed by atoms with E-state index in [1.807, 2.05) is 6.92 Å². The summed E-state index contributed by atoms with van der Waals surface area (Å²) in [5.74, 6) is -1.02. The first-order valence-corrected chi connectivity index (χ1v) is 7.79. The maximum absolute atomic E-state index is 12.4. The van der Waals surface area contributed by atoms with E-state index in [2.05, 4.69) is 15.6 Å². The average molecular weight is 351 g/mol. The zero-order valence-corrected chi connectivity index (χ0v) is 14.3. The van der Waals surface area contributed by atoms with Crippen LogP contribution in [0.3, 0.4) is 0 Å². The van der Waals surface area contributed by atoms with Crippen molar-refractivity contribution in [1.29, 1.82) is 0 Å². The first kappa shape index (κ1) is 18.7. The topological polar surface area (TPSA) is 86.1 Å². The number of aromatic nitrogens is 3. The molecule has 1 aromatic heterocycles. The summed E-state index contributed by atoms with van der Waals surface area (Å²) in [6.07, 6.45) is 2.74. The van der Waals surface area contributed by atoms with E-state index in [1.54, 1.807) is 6.92 Å².